The molecule has 0 radical (unpaired) electrons. The summed E-state index contributed by atoms with van der Waals surface area (Å²) in [7, 11) is 0. The van der Waals surface area contributed by atoms with Gasteiger partial charge in [-0.05, 0) is 31.1 Å². The van der Waals surface area contributed by atoms with Crippen molar-refractivity contribution in [2.24, 2.45) is 11.8 Å². The van der Waals surface area contributed by atoms with Gasteiger partial charge in [-0.25, -0.2) is 0 Å². The van der Waals surface area contributed by atoms with Crippen LogP contribution in [0.4, 0.5) is 0 Å². The first-order valence-corrected chi connectivity index (χ1v) is 6.70. The molecule has 1 N–H and O–H groups in total. The highest BCUT2D eigenvalue weighted by molar-refractivity contribution is 5.91. The lowest BCUT2D eigenvalue weighted by molar-refractivity contribution is -0.133. The summed E-state index contributed by atoms with van der Waals surface area (Å²) in [6.07, 6.45) is 5.93. The number of amides is 1. The smallest absolute Gasteiger partial charge is 0.244 e. The molecule has 90 valence electrons. The SMILES string of the molecule is CC1CCCC(N2CNC3(CC3)C2=O)C1C. The quantitative estimate of drug-likeness (QED) is 0.733. The average Bonchev–Trinajstić information content (AvgIpc) is 2.98. The van der Waals surface area contributed by atoms with Crippen molar-refractivity contribution in [3.05, 3.63) is 0 Å². The normalized spacial score (nSPS) is 41.8. The maximum atomic E-state index is 12.3. The zero-order chi connectivity index (χ0) is 11.3. The summed E-state index contributed by atoms with van der Waals surface area (Å²) in [6.45, 7) is 5.44. The fourth-order valence-electron chi connectivity index (χ4n) is 3.44. The minimum absolute atomic E-state index is 0.111. The topological polar surface area (TPSA) is 32.3 Å². The Balaban J connectivity index is 1.75. The van der Waals surface area contributed by atoms with E-state index in [0.717, 1.165) is 25.4 Å². The van der Waals surface area contributed by atoms with Gasteiger partial charge >= 0.3 is 0 Å². The van der Waals surface area contributed by atoms with Gasteiger partial charge in [-0.15, -0.1) is 0 Å². The molecule has 0 aromatic rings. The molecule has 3 unspecified atom stereocenters. The Hall–Kier alpha value is -0.570. The number of carbonyl (C=O) groups excluding carboxylic acids is 1. The maximum Gasteiger partial charge on any atom is 0.244 e. The Morgan fingerprint density at radius 1 is 1.31 bits per heavy atom. The molecule has 1 heterocycles. The number of nitrogens with one attached hydrogen (secondary N) is 1. The molecule has 3 fully saturated rings. The highest BCUT2D eigenvalue weighted by Crippen LogP contribution is 2.43. The van der Waals surface area contributed by atoms with Crippen molar-refractivity contribution in [1.29, 1.82) is 0 Å². The second kappa shape index (κ2) is 3.46. The zero-order valence-corrected chi connectivity index (χ0v) is 10.3. The first-order valence-electron chi connectivity index (χ1n) is 6.70. The summed E-state index contributed by atoms with van der Waals surface area (Å²) in [4.78, 5) is 14.4. The molecular weight excluding hydrogens is 200 g/mol. The molecule has 2 aliphatic carbocycles. The summed E-state index contributed by atoms with van der Waals surface area (Å²) >= 11 is 0. The molecule has 1 spiro atoms. The number of hydrogen-bond donors (Lipinski definition) is 1. The highest BCUT2D eigenvalue weighted by atomic mass is 16.2. The molecule has 1 aliphatic heterocycles. The van der Waals surface area contributed by atoms with Crippen LogP contribution in [0.25, 0.3) is 0 Å². The maximum absolute atomic E-state index is 12.3. The van der Waals surface area contributed by atoms with Gasteiger partial charge in [-0.2, -0.15) is 0 Å². The van der Waals surface area contributed by atoms with Crippen LogP contribution >= 0.6 is 0 Å². The minimum Gasteiger partial charge on any atom is -0.325 e. The lowest BCUT2D eigenvalue weighted by Gasteiger charge is -2.39. The van der Waals surface area contributed by atoms with Gasteiger partial charge < -0.3 is 4.90 Å². The van der Waals surface area contributed by atoms with E-state index in [4.69, 9.17) is 0 Å². The van der Waals surface area contributed by atoms with Gasteiger partial charge in [0.2, 0.25) is 5.91 Å². The Morgan fingerprint density at radius 3 is 2.69 bits per heavy atom. The van der Waals surface area contributed by atoms with E-state index in [-0.39, 0.29) is 5.54 Å². The Kier molecular flexibility index (Phi) is 2.29. The van der Waals surface area contributed by atoms with E-state index in [0.29, 0.717) is 17.9 Å². The van der Waals surface area contributed by atoms with Crippen LogP contribution < -0.4 is 5.32 Å². The molecule has 3 nitrogen and oxygen atoms in total. The van der Waals surface area contributed by atoms with Crippen LogP contribution in [0.15, 0.2) is 0 Å². The van der Waals surface area contributed by atoms with Gasteiger partial charge in [0.15, 0.2) is 0 Å². The van der Waals surface area contributed by atoms with Gasteiger partial charge in [0.25, 0.3) is 0 Å². The first-order chi connectivity index (χ1) is 7.64. The Morgan fingerprint density at radius 2 is 2.06 bits per heavy atom. The lowest BCUT2D eigenvalue weighted by Crippen LogP contribution is -2.46. The summed E-state index contributed by atoms with van der Waals surface area (Å²) in [6, 6.07) is 0.490. The fraction of sp³-hybridized carbons (Fsp3) is 0.923. The van der Waals surface area contributed by atoms with Crippen molar-refractivity contribution in [2.45, 2.75) is 57.5 Å². The van der Waals surface area contributed by atoms with Crippen molar-refractivity contribution in [3.8, 4) is 0 Å². The number of nitrogens with zero attached hydrogens (tertiary/aromatic N) is 1. The van der Waals surface area contributed by atoms with Crippen LogP contribution in [0, 0.1) is 11.8 Å². The molecular formula is C13H22N2O. The predicted molar refractivity (Wildman–Crippen MR) is 62.8 cm³/mol. The van der Waals surface area contributed by atoms with Crippen molar-refractivity contribution in [2.75, 3.05) is 6.67 Å². The third-order valence-electron chi connectivity index (χ3n) is 5.07. The molecule has 0 bridgehead atoms. The summed E-state index contributed by atoms with van der Waals surface area (Å²) in [5.74, 6) is 1.81. The molecule has 16 heavy (non-hydrogen) atoms. The molecule has 3 aliphatic rings. The Labute approximate surface area is 97.6 Å². The lowest BCUT2D eigenvalue weighted by atomic mass is 9.77. The second-order valence-electron chi connectivity index (χ2n) is 6.03. The molecule has 2 saturated carbocycles. The van der Waals surface area contributed by atoms with Crippen LogP contribution in [-0.2, 0) is 4.79 Å². The van der Waals surface area contributed by atoms with E-state index < -0.39 is 0 Å². The van der Waals surface area contributed by atoms with E-state index in [2.05, 4.69) is 24.1 Å². The monoisotopic (exact) mass is 222 g/mol. The van der Waals surface area contributed by atoms with Crippen LogP contribution in [0.3, 0.4) is 0 Å². The predicted octanol–water partition coefficient (Wildman–Crippen LogP) is 1.73. The number of carbonyl (C=O) groups is 1. The molecule has 1 amide bonds. The largest absolute Gasteiger partial charge is 0.325 e. The van der Waals surface area contributed by atoms with E-state index in [1.165, 1.54) is 19.3 Å². The molecule has 1 saturated heterocycles. The summed E-state index contributed by atoms with van der Waals surface area (Å²) in [5, 5.41) is 3.42. The minimum atomic E-state index is -0.111. The molecule has 3 rings (SSSR count). The van der Waals surface area contributed by atoms with Crippen molar-refractivity contribution < 1.29 is 4.79 Å². The van der Waals surface area contributed by atoms with Gasteiger partial charge in [0, 0.05) is 6.04 Å². The van der Waals surface area contributed by atoms with Crippen LogP contribution in [0.5, 0.6) is 0 Å². The number of hydrogen-bond acceptors (Lipinski definition) is 2. The standard InChI is InChI=1S/C13H22N2O/c1-9-4-3-5-11(10(9)2)15-8-14-13(6-7-13)12(15)16/h9-11,14H,3-8H2,1-2H3. The van der Waals surface area contributed by atoms with Crippen molar-refractivity contribution >= 4 is 5.91 Å². The van der Waals surface area contributed by atoms with Gasteiger partial charge in [0.05, 0.1) is 12.2 Å². The third-order valence-corrected chi connectivity index (χ3v) is 5.07. The van der Waals surface area contributed by atoms with E-state index >= 15 is 0 Å². The van der Waals surface area contributed by atoms with Crippen LogP contribution in [0.2, 0.25) is 0 Å². The average molecular weight is 222 g/mol. The Bertz CT molecular complexity index is 311. The molecule has 3 heteroatoms. The summed E-state index contributed by atoms with van der Waals surface area (Å²) < 4.78 is 0. The van der Waals surface area contributed by atoms with E-state index in [1.807, 2.05) is 0 Å². The third kappa shape index (κ3) is 1.41. The van der Waals surface area contributed by atoms with Crippen molar-refractivity contribution in [1.82, 2.24) is 10.2 Å². The molecule has 0 aromatic carbocycles. The second-order valence-corrected chi connectivity index (χ2v) is 6.03. The fourth-order valence-corrected chi connectivity index (χ4v) is 3.44. The van der Waals surface area contributed by atoms with Gasteiger partial charge in [0.1, 0.15) is 0 Å². The van der Waals surface area contributed by atoms with E-state index in [9.17, 15) is 4.79 Å². The highest BCUT2D eigenvalue weighted by Gasteiger charge is 2.57. The number of rotatable bonds is 1. The van der Waals surface area contributed by atoms with Gasteiger partial charge in [-0.3, -0.25) is 10.1 Å². The van der Waals surface area contributed by atoms with E-state index in [1.54, 1.807) is 0 Å². The first kappa shape index (κ1) is 10.6. The van der Waals surface area contributed by atoms with Crippen LogP contribution in [0.1, 0.15) is 46.0 Å². The summed E-state index contributed by atoms with van der Waals surface area (Å²) in [5.41, 5.74) is -0.111. The van der Waals surface area contributed by atoms with Crippen molar-refractivity contribution in [3.63, 3.8) is 0 Å². The van der Waals surface area contributed by atoms with Gasteiger partial charge in [-0.1, -0.05) is 26.7 Å². The molecule has 3 atom stereocenters. The molecule has 0 aromatic heterocycles. The van der Waals surface area contributed by atoms with Crippen LogP contribution in [-0.4, -0.2) is 29.1 Å². The zero-order valence-electron chi connectivity index (χ0n) is 10.3.